The van der Waals surface area contributed by atoms with Gasteiger partial charge in [-0.15, -0.1) is 0 Å². The summed E-state index contributed by atoms with van der Waals surface area (Å²) in [5, 5.41) is 0. The van der Waals surface area contributed by atoms with Gasteiger partial charge < -0.3 is 56.2 Å². The van der Waals surface area contributed by atoms with Crippen molar-refractivity contribution < 1.29 is 94.6 Å². The van der Waals surface area contributed by atoms with Gasteiger partial charge in [0.25, 0.3) is 0 Å². The molecule has 0 amide bonds. The van der Waals surface area contributed by atoms with E-state index in [2.05, 4.69) is 13.8 Å². The molecule has 0 aromatic heterocycles. The maximum atomic E-state index is 12.9. The summed E-state index contributed by atoms with van der Waals surface area (Å²) in [6.45, 7) is 12.1. The van der Waals surface area contributed by atoms with Gasteiger partial charge in [0.05, 0.1) is 0 Å². The molecule has 0 aliphatic carbocycles. The summed E-state index contributed by atoms with van der Waals surface area (Å²) in [6, 6.07) is 0.460. The van der Waals surface area contributed by atoms with E-state index in [9.17, 15) is 38.4 Å². The monoisotopic (exact) mass is 948 g/mol. The van der Waals surface area contributed by atoms with Crippen LogP contribution in [0.5, 0.6) is 0 Å². The second-order valence-corrected chi connectivity index (χ2v) is 19.6. The minimum atomic E-state index is -4.03. The Balaban J connectivity index is 2.96. The second-order valence-electron chi connectivity index (χ2n) is 16.3. The highest BCUT2D eigenvalue weighted by atomic mass is 28.4. The molecule has 0 radical (unpaired) electrons. The molecule has 372 valence electrons. The number of hydrogen-bond donors (Lipinski definition) is 0. The number of rotatable bonds is 28. The SMILES string of the molecule is CCCCCCCC[Si](CCCCCCCC)(OC1OC(COC(C)=O)C(OC(C)=O)C(OC(C)=O)C1OC(C)=O)OC1OC(COC(C)=O)C(OC(C)=O)C(OC(C)=O)C1OC(C)=O. The van der Waals surface area contributed by atoms with E-state index in [1.165, 1.54) is 0 Å². The van der Waals surface area contributed by atoms with Crippen LogP contribution in [0.15, 0.2) is 0 Å². The van der Waals surface area contributed by atoms with Crippen LogP contribution in [0.4, 0.5) is 0 Å². The number of unbranched alkanes of at least 4 members (excludes halogenated alkanes) is 10. The zero-order valence-electron chi connectivity index (χ0n) is 39.8. The summed E-state index contributed by atoms with van der Waals surface area (Å²) in [4.78, 5) is 100. The molecule has 0 aromatic carbocycles. The van der Waals surface area contributed by atoms with Crippen molar-refractivity contribution in [3.8, 4) is 0 Å². The highest BCUT2D eigenvalue weighted by Crippen LogP contribution is 2.39. The Morgan fingerprint density at radius 2 is 0.646 bits per heavy atom. The van der Waals surface area contributed by atoms with Gasteiger partial charge in [0.2, 0.25) is 0 Å². The quantitative estimate of drug-likeness (QED) is 0.0415. The third-order valence-electron chi connectivity index (χ3n) is 10.4. The summed E-state index contributed by atoms with van der Waals surface area (Å²) < 4.78 is 71.9. The van der Waals surface area contributed by atoms with Crippen molar-refractivity contribution in [3.05, 3.63) is 0 Å². The van der Waals surface area contributed by atoms with Gasteiger partial charge in [-0.05, 0) is 12.1 Å². The average Bonchev–Trinajstić information content (AvgIpc) is 3.19. The molecular formula is C44H72O20Si. The first-order valence-corrected chi connectivity index (χ1v) is 24.9. The van der Waals surface area contributed by atoms with Crippen molar-refractivity contribution in [2.75, 3.05) is 13.2 Å². The van der Waals surface area contributed by atoms with Crippen molar-refractivity contribution in [2.45, 2.75) is 220 Å². The molecule has 21 heteroatoms. The lowest BCUT2D eigenvalue weighted by molar-refractivity contribution is -0.308. The summed E-state index contributed by atoms with van der Waals surface area (Å²) in [6.07, 6.45) is -4.99. The maximum absolute atomic E-state index is 12.9. The minimum Gasteiger partial charge on any atom is -0.463 e. The first-order valence-electron chi connectivity index (χ1n) is 22.7. The standard InChI is InChI=1S/C44H72O20Si/c1-11-13-15-17-19-21-23-65(24-22-20-18-16-14-12-2,63-43-41(59-33(9)51)39(57-31(7)49)37(55-29(5)47)35(61-43)25-53-27(3)45)64-44-42(60-34(10)52)40(58-32(8)50)38(56-30(6)48)36(62-44)26-54-28(4)46/h35-44H,11-26H2,1-10H3. The van der Waals surface area contributed by atoms with E-state index in [0.29, 0.717) is 12.8 Å². The van der Waals surface area contributed by atoms with Gasteiger partial charge in [0.15, 0.2) is 49.2 Å². The number of carbonyl (C=O) groups is 8. The van der Waals surface area contributed by atoms with Crippen molar-refractivity contribution in [1.82, 2.24) is 0 Å². The largest absolute Gasteiger partial charge is 0.463 e. The molecule has 0 bridgehead atoms. The van der Waals surface area contributed by atoms with E-state index in [0.717, 1.165) is 120 Å². The van der Waals surface area contributed by atoms with E-state index in [4.69, 9.17) is 56.2 Å². The predicted molar refractivity (Wildman–Crippen MR) is 228 cm³/mol. The van der Waals surface area contributed by atoms with Crippen molar-refractivity contribution in [1.29, 1.82) is 0 Å². The molecule has 2 aliphatic heterocycles. The molecule has 10 atom stereocenters. The highest BCUT2D eigenvalue weighted by molar-refractivity contribution is 6.67. The second kappa shape index (κ2) is 29.5. The van der Waals surface area contributed by atoms with Crippen molar-refractivity contribution in [3.63, 3.8) is 0 Å². The normalized spacial score (nSPS) is 25.3. The van der Waals surface area contributed by atoms with Crippen LogP contribution < -0.4 is 0 Å². The minimum absolute atomic E-state index is 0.230. The van der Waals surface area contributed by atoms with Crippen molar-refractivity contribution in [2.24, 2.45) is 0 Å². The summed E-state index contributed by atoms with van der Waals surface area (Å²) in [5.74, 6) is -6.41. The Labute approximate surface area is 383 Å². The zero-order valence-corrected chi connectivity index (χ0v) is 40.8. The third-order valence-corrected chi connectivity index (χ3v) is 13.9. The van der Waals surface area contributed by atoms with Crippen molar-refractivity contribution >= 4 is 56.3 Å². The van der Waals surface area contributed by atoms with Gasteiger partial charge in [0, 0.05) is 55.4 Å². The zero-order chi connectivity index (χ0) is 48.7. The molecule has 2 saturated heterocycles. The van der Waals surface area contributed by atoms with Crippen LogP contribution >= 0.6 is 0 Å². The summed E-state index contributed by atoms with van der Waals surface area (Å²) >= 11 is 0. The number of hydrogen-bond acceptors (Lipinski definition) is 20. The molecule has 0 aromatic rings. The average molecular weight is 949 g/mol. The Kier molecular flexibility index (Phi) is 25.8. The number of esters is 8. The van der Waals surface area contributed by atoms with E-state index >= 15 is 0 Å². The molecule has 65 heavy (non-hydrogen) atoms. The lowest BCUT2D eigenvalue weighted by atomic mass is 9.98. The van der Waals surface area contributed by atoms with Gasteiger partial charge in [-0.2, -0.15) is 0 Å². The Morgan fingerprint density at radius 1 is 0.369 bits per heavy atom. The fourth-order valence-corrected chi connectivity index (χ4v) is 11.3. The summed E-state index contributed by atoms with van der Waals surface area (Å²) in [5.41, 5.74) is 0. The van der Waals surface area contributed by atoms with E-state index in [1.54, 1.807) is 0 Å². The molecule has 20 nitrogen and oxygen atoms in total. The van der Waals surface area contributed by atoms with E-state index in [1.807, 2.05) is 0 Å². The smallest absolute Gasteiger partial charge is 0.342 e. The van der Waals surface area contributed by atoms with Crippen LogP contribution in [-0.2, 0) is 94.6 Å². The van der Waals surface area contributed by atoms with Crippen LogP contribution in [0.1, 0.15) is 146 Å². The topological polar surface area (TPSA) is 247 Å². The molecule has 2 aliphatic rings. The van der Waals surface area contributed by atoms with Crippen LogP contribution in [0.3, 0.4) is 0 Å². The summed E-state index contributed by atoms with van der Waals surface area (Å²) in [7, 11) is -4.03. The third kappa shape index (κ3) is 20.9. The molecule has 2 rings (SSSR count). The fourth-order valence-electron chi connectivity index (χ4n) is 7.73. The molecule has 0 saturated carbocycles. The molecular weight excluding hydrogens is 877 g/mol. The Hall–Kier alpha value is -4.18. The van der Waals surface area contributed by atoms with E-state index in [-0.39, 0.29) is 12.1 Å². The van der Waals surface area contributed by atoms with Gasteiger partial charge in [-0.25, -0.2) is 0 Å². The Morgan fingerprint density at radius 3 is 0.938 bits per heavy atom. The molecule has 10 unspecified atom stereocenters. The fraction of sp³-hybridized carbons (Fsp3) is 0.818. The Bertz CT molecular complexity index is 1440. The van der Waals surface area contributed by atoms with Crippen LogP contribution in [0.25, 0.3) is 0 Å². The molecule has 0 spiro atoms. The first kappa shape index (κ1) is 56.9. The molecule has 2 fully saturated rings. The predicted octanol–water partition coefficient (Wildman–Crippen LogP) is 5.35. The van der Waals surface area contributed by atoms with Gasteiger partial charge in [0.1, 0.15) is 25.4 Å². The lowest BCUT2D eigenvalue weighted by Crippen LogP contribution is -2.67. The lowest BCUT2D eigenvalue weighted by Gasteiger charge is -2.49. The maximum Gasteiger partial charge on any atom is 0.342 e. The first-order chi connectivity index (χ1) is 30.7. The highest BCUT2D eigenvalue weighted by Gasteiger charge is 2.59. The molecule has 2 heterocycles. The van der Waals surface area contributed by atoms with Crippen LogP contribution in [0, 0.1) is 0 Å². The number of carbonyl (C=O) groups excluding carboxylic acids is 8. The van der Waals surface area contributed by atoms with Gasteiger partial charge in [-0.1, -0.05) is 90.9 Å². The van der Waals surface area contributed by atoms with Gasteiger partial charge in [-0.3, -0.25) is 38.4 Å². The number of ether oxygens (including phenoxy) is 10. The van der Waals surface area contributed by atoms with E-state index < -0.39 is 131 Å². The van der Waals surface area contributed by atoms with Crippen LogP contribution in [-0.4, -0.2) is 131 Å². The van der Waals surface area contributed by atoms with Crippen LogP contribution in [0.2, 0.25) is 12.1 Å². The molecule has 0 N–H and O–H groups in total. The van der Waals surface area contributed by atoms with Gasteiger partial charge >= 0.3 is 56.3 Å².